The SMILES string of the molecule is CCc1ccc(CCC(=O)NCC(=O)N2CCCC2)cc1. The first-order valence-corrected chi connectivity index (χ1v) is 7.81. The highest BCUT2D eigenvalue weighted by Gasteiger charge is 2.17. The van der Waals surface area contributed by atoms with Crippen molar-refractivity contribution in [2.45, 2.75) is 39.0 Å². The van der Waals surface area contributed by atoms with Crippen LogP contribution in [0.3, 0.4) is 0 Å². The maximum Gasteiger partial charge on any atom is 0.241 e. The Hall–Kier alpha value is -1.84. The van der Waals surface area contributed by atoms with Crippen LogP contribution in [0, 0.1) is 0 Å². The third-order valence-corrected chi connectivity index (χ3v) is 3.97. The van der Waals surface area contributed by atoms with Crippen LogP contribution in [0.15, 0.2) is 24.3 Å². The molecule has 0 atom stereocenters. The topological polar surface area (TPSA) is 49.4 Å². The number of hydrogen-bond donors (Lipinski definition) is 1. The van der Waals surface area contributed by atoms with Crippen LogP contribution >= 0.6 is 0 Å². The molecule has 4 nitrogen and oxygen atoms in total. The van der Waals surface area contributed by atoms with Crippen LogP contribution in [0.5, 0.6) is 0 Å². The van der Waals surface area contributed by atoms with Gasteiger partial charge in [0.2, 0.25) is 11.8 Å². The molecule has 2 rings (SSSR count). The lowest BCUT2D eigenvalue weighted by Crippen LogP contribution is -2.38. The smallest absolute Gasteiger partial charge is 0.241 e. The van der Waals surface area contributed by atoms with E-state index in [4.69, 9.17) is 0 Å². The molecule has 1 aromatic carbocycles. The number of nitrogens with one attached hydrogen (secondary N) is 1. The average Bonchev–Trinajstić information content (AvgIpc) is 3.05. The number of carbonyl (C=O) groups is 2. The van der Waals surface area contributed by atoms with Crippen molar-refractivity contribution in [3.05, 3.63) is 35.4 Å². The van der Waals surface area contributed by atoms with E-state index >= 15 is 0 Å². The minimum Gasteiger partial charge on any atom is -0.347 e. The summed E-state index contributed by atoms with van der Waals surface area (Å²) in [4.78, 5) is 25.4. The van der Waals surface area contributed by atoms with E-state index in [-0.39, 0.29) is 18.4 Å². The van der Waals surface area contributed by atoms with Gasteiger partial charge in [-0.05, 0) is 36.8 Å². The van der Waals surface area contributed by atoms with Crippen molar-refractivity contribution < 1.29 is 9.59 Å². The summed E-state index contributed by atoms with van der Waals surface area (Å²) in [5.41, 5.74) is 2.47. The summed E-state index contributed by atoms with van der Waals surface area (Å²) in [6.07, 6.45) is 4.33. The highest BCUT2D eigenvalue weighted by Crippen LogP contribution is 2.08. The van der Waals surface area contributed by atoms with Crippen LogP contribution in [-0.2, 0) is 22.4 Å². The number of rotatable bonds is 6. The predicted octanol–water partition coefficient (Wildman–Crippen LogP) is 1.92. The molecule has 0 spiro atoms. The molecule has 1 aliphatic rings. The molecular weight excluding hydrogens is 264 g/mol. The quantitative estimate of drug-likeness (QED) is 0.869. The molecule has 4 heteroatoms. The van der Waals surface area contributed by atoms with Crippen molar-refractivity contribution in [3.8, 4) is 0 Å². The average molecular weight is 288 g/mol. The molecule has 114 valence electrons. The molecule has 21 heavy (non-hydrogen) atoms. The Morgan fingerprint density at radius 1 is 1.10 bits per heavy atom. The number of likely N-dealkylation sites (tertiary alicyclic amines) is 1. The molecule has 1 N–H and O–H groups in total. The third kappa shape index (κ3) is 4.88. The zero-order valence-corrected chi connectivity index (χ0v) is 12.7. The molecule has 0 unspecified atom stereocenters. The van der Waals surface area contributed by atoms with E-state index < -0.39 is 0 Å². The first kappa shape index (κ1) is 15.5. The van der Waals surface area contributed by atoms with Gasteiger partial charge in [-0.1, -0.05) is 31.2 Å². The van der Waals surface area contributed by atoms with Gasteiger partial charge in [-0.15, -0.1) is 0 Å². The minimum absolute atomic E-state index is 0.0353. The summed E-state index contributed by atoms with van der Waals surface area (Å²) in [6.45, 7) is 3.92. The molecule has 0 saturated carbocycles. The fourth-order valence-corrected chi connectivity index (χ4v) is 2.54. The lowest BCUT2D eigenvalue weighted by Gasteiger charge is -2.15. The summed E-state index contributed by atoms with van der Waals surface area (Å²) in [5, 5.41) is 2.72. The molecule has 1 aromatic rings. The van der Waals surface area contributed by atoms with Crippen molar-refractivity contribution in [1.82, 2.24) is 10.2 Å². The van der Waals surface area contributed by atoms with E-state index in [1.165, 1.54) is 5.56 Å². The lowest BCUT2D eigenvalue weighted by molar-refractivity contribution is -0.132. The van der Waals surface area contributed by atoms with Crippen LogP contribution in [0.2, 0.25) is 0 Å². The van der Waals surface area contributed by atoms with Crippen molar-refractivity contribution in [2.24, 2.45) is 0 Å². The molecule has 1 aliphatic heterocycles. The van der Waals surface area contributed by atoms with E-state index in [1.54, 1.807) is 0 Å². The van der Waals surface area contributed by atoms with Crippen LogP contribution in [0.1, 0.15) is 37.3 Å². The second kappa shape index (κ2) is 7.81. The molecule has 2 amide bonds. The van der Waals surface area contributed by atoms with Gasteiger partial charge in [-0.25, -0.2) is 0 Å². The van der Waals surface area contributed by atoms with Gasteiger partial charge in [0.05, 0.1) is 6.54 Å². The zero-order chi connectivity index (χ0) is 15.1. The summed E-state index contributed by atoms with van der Waals surface area (Å²) < 4.78 is 0. The maximum absolute atomic E-state index is 11.8. The molecule has 1 saturated heterocycles. The molecule has 1 fully saturated rings. The standard InChI is InChI=1S/C17H24N2O2/c1-2-14-5-7-15(8-6-14)9-10-16(20)18-13-17(21)19-11-3-4-12-19/h5-8H,2-4,9-13H2,1H3,(H,18,20). The van der Waals surface area contributed by atoms with Gasteiger partial charge in [0.15, 0.2) is 0 Å². The summed E-state index contributed by atoms with van der Waals surface area (Å²) in [5.74, 6) is -0.0183. The Balaban J connectivity index is 1.67. The second-order valence-electron chi connectivity index (χ2n) is 5.53. The van der Waals surface area contributed by atoms with Crippen LogP contribution in [-0.4, -0.2) is 36.3 Å². The van der Waals surface area contributed by atoms with Crippen LogP contribution < -0.4 is 5.32 Å². The van der Waals surface area contributed by atoms with Crippen molar-refractivity contribution in [3.63, 3.8) is 0 Å². The number of carbonyl (C=O) groups excluding carboxylic acids is 2. The number of amides is 2. The van der Waals surface area contributed by atoms with Crippen molar-refractivity contribution in [1.29, 1.82) is 0 Å². The van der Waals surface area contributed by atoms with Crippen molar-refractivity contribution >= 4 is 11.8 Å². The van der Waals surface area contributed by atoms with E-state index in [9.17, 15) is 9.59 Å². The molecule has 0 bridgehead atoms. The highest BCUT2D eigenvalue weighted by atomic mass is 16.2. The van der Waals surface area contributed by atoms with Gasteiger partial charge in [0.1, 0.15) is 0 Å². The number of benzene rings is 1. The Morgan fingerprint density at radius 3 is 2.33 bits per heavy atom. The maximum atomic E-state index is 11.8. The number of hydrogen-bond acceptors (Lipinski definition) is 2. The molecule has 0 aromatic heterocycles. The monoisotopic (exact) mass is 288 g/mol. The van der Waals surface area contributed by atoms with Gasteiger partial charge in [-0.2, -0.15) is 0 Å². The van der Waals surface area contributed by atoms with E-state index in [2.05, 4.69) is 36.5 Å². The normalized spacial score (nSPS) is 14.2. The molecule has 0 radical (unpaired) electrons. The Morgan fingerprint density at radius 2 is 1.71 bits per heavy atom. The first-order valence-electron chi connectivity index (χ1n) is 7.81. The van der Waals surface area contributed by atoms with E-state index in [0.717, 1.165) is 37.9 Å². The largest absolute Gasteiger partial charge is 0.347 e. The van der Waals surface area contributed by atoms with E-state index in [1.807, 2.05) is 4.90 Å². The van der Waals surface area contributed by atoms with Crippen LogP contribution in [0.25, 0.3) is 0 Å². The molecular formula is C17H24N2O2. The van der Waals surface area contributed by atoms with Crippen molar-refractivity contribution in [2.75, 3.05) is 19.6 Å². The van der Waals surface area contributed by atoms with Gasteiger partial charge < -0.3 is 10.2 Å². The zero-order valence-electron chi connectivity index (χ0n) is 12.7. The number of nitrogens with zero attached hydrogens (tertiary/aromatic N) is 1. The Kier molecular flexibility index (Phi) is 5.78. The summed E-state index contributed by atoms with van der Waals surface area (Å²) >= 11 is 0. The fraction of sp³-hybridized carbons (Fsp3) is 0.529. The van der Waals surface area contributed by atoms with Gasteiger partial charge in [-0.3, -0.25) is 9.59 Å². The minimum atomic E-state index is -0.0536. The summed E-state index contributed by atoms with van der Waals surface area (Å²) in [7, 11) is 0. The Bertz CT molecular complexity index is 476. The van der Waals surface area contributed by atoms with Crippen LogP contribution in [0.4, 0.5) is 0 Å². The molecule has 1 heterocycles. The predicted molar refractivity (Wildman–Crippen MR) is 83.0 cm³/mol. The summed E-state index contributed by atoms with van der Waals surface area (Å²) in [6, 6.07) is 8.34. The van der Waals surface area contributed by atoms with Gasteiger partial charge >= 0.3 is 0 Å². The first-order chi connectivity index (χ1) is 10.2. The van der Waals surface area contributed by atoms with E-state index in [0.29, 0.717) is 12.8 Å². The molecule has 0 aliphatic carbocycles. The third-order valence-electron chi connectivity index (χ3n) is 3.97. The fourth-order valence-electron chi connectivity index (χ4n) is 2.54. The van der Waals surface area contributed by atoms with Gasteiger partial charge in [0, 0.05) is 19.5 Å². The van der Waals surface area contributed by atoms with Gasteiger partial charge in [0.25, 0.3) is 0 Å². The lowest BCUT2D eigenvalue weighted by atomic mass is 10.1. The number of aryl methyl sites for hydroxylation is 2. The highest BCUT2D eigenvalue weighted by molar-refractivity contribution is 5.84. The Labute approximate surface area is 126 Å². The second-order valence-corrected chi connectivity index (χ2v) is 5.53.